The van der Waals surface area contributed by atoms with Crippen molar-refractivity contribution in [3.05, 3.63) is 142 Å². The van der Waals surface area contributed by atoms with Crippen LogP contribution in [0.3, 0.4) is 0 Å². The number of aliphatic hydroxyl groups excluding tert-OH is 2. The average Bonchev–Trinajstić information content (AvgIpc) is 4.04. The number of hydrogen-bond acceptors (Lipinski definition) is 13. The third-order valence-electron chi connectivity index (χ3n) is 14.6. The summed E-state index contributed by atoms with van der Waals surface area (Å²) in [5, 5.41) is 28.2. The van der Waals surface area contributed by atoms with Gasteiger partial charge in [0.1, 0.15) is 23.7 Å². The van der Waals surface area contributed by atoms with E-state index in [1.807, 2.05) is 18.2 Å². The van der Waals surface area contributed by atoms with E-state index in [-0.39, 0.29) is 51.1 Å². The number of methoxy groups -OCH3 is 2. The van der Waals surface area contributed by atoms with Crippen molar-refractivity contribution in [2.75, 3.05) is 46.9 Å². The molecule has 4 N–H and O–H groups in total. The van der Waals surface area contributed by atoms with Crippen molar-refractivity contribution < 1.29 is 38.7 Å². The summed E-state index contributed by atoms with van der Waals surface area (Å²) >= 11 is 0. The number of ketones is 2. The highest BCUT2D eigenvalue weighted by atomic mass is 16.5. The Morgan fingerprint density at radius 3 is 1.62 bits per heavy atom. The topological polar surface area (TPSA) is 165 Å². The molecule has 5 aromatic rings. The van der Waals surface area contributed by atoms with Gasteiger partial charge in [0.05, 0.1) is 26.4 Å². The van der Waals surface area contributed by atoms with Gasteiger partial charge in [0.2, 0.25) is 11.8 Å². The SMILES string of the molecule is C.C.COc1ccc(CN(CC(O)CCC(=O)c2ccnc(OC3CCNCC3)c2)C2Cc3ccccc3C2)c(OC)c1.O=C(CCC(O)CCC1Cc2ccccc2C1)c1ccnc(OC2CCNCC2)c1. The maximum absolute atomic E-state index is 13.1. The molecule has 9 rings (SSSR count). The van der Waals surface area contributed by atoms with Crippen LogP contribution in [0.25, 0.3) is 0 Å². The highest BCUT2D eigenvalue weighted by Gasteiger charge is 2.30. The van der Waals surface area contributed by atoms with Crippen molar-refractivity contribution in [1.82, 2.24) is 25.5 Å². The number of aromatic nitrogens is 2. The second-order valence-corrected chi connectivity index (χ2v) is 19.7. The molecule has 13 heteroatoms. The van der Waals surface area contributed by atoms with Crippen molar-refractivity contribution in [2.24, 2.45) is 5.92 Å². The van der Waals surface area contributed by atoms with Gasteiger partial charge in [-0.05, 0) is 150 Å². The number of nitrogens with one attached hydrogen (secondary N) is 2. The van der Waals surface area contributed by atoms with Gasteiger partial charge in [-0.3, -0.25) is 14.5 Å². The Morgan fingerprint density at radius 2 is 1.12 bits per heavy atom. The van der Waals surface area contributed by atoms with E-state index in [2.05, 4.69) is 74.0 Å². The number of Topliss-reactive ketones (excluding diaryl/α,β-unsaturated/α-hetero) is 2. The molecule has 2 unspecified atom stereocenters. The van der Waals surface area contributed by atoms with Crippen LogP contribution in [0, 0.1) is 5.92 Å². The van der Waals surface area contributed by atoms with E-state index < -0.39 is 12.2 Å². The van der Waals surface area contributed by atoms with Gasteiger partial charge in [-0.25, -0.2) is 9.97 Å². The van der Waals surface area contributed by atoms with E-state index in [0.29, 0.717) is 61.2 Å². The van der Waals surface area contributed by atoms with Gasteiger partial charge in [0.25, 0.3) is 0 Å². The van der Waals surface area contributed by atoms with Gasteiger partial charge in [-0.2, -0.15) is 0 Å². The predicted octanol–water partition coefficient (Wildman–Crippen LogP) is 9.23. The number of ether oxygens (including phenoxy) is 4. The lowest BCUT2D eigenvalue weighted by Gasteiger charge is -2.31. The maximum atomic E-state index is 13.1. The number of fused-ring (bicyclic) bond motifs is 2. The summed E-state index contributed by atoms with van der Waals surface area (Å²) in [5.41, 5.74) is 7.84. The summed E-state index contributed by atoms with van der Waals surface area (Å²) in [6, 6.07) is 30.2. The van der Waals surface area contributed by atoms with Crippen LogP contribution in [0.2, 0.25) is 0 Å². The zero-order chi connectivity index (χ0) is 49.4. The molecular formula is C60H81N5O8. The van der Waals surface area contributed by atoms with Crippen LogP contribution in [0.15, 0.2) is 103 Å². The van der Waals surface area contributed by atoms with Crippen LogP contribution in [-0.2, 0) is 32.2 Å². The first-order valence-electron chi connectivity index (χ1n) is 25.9. The number of nitrogens with zero attached hydrogens (tertiary/aromatic N) is 3. The number of piperidine rings is 2. The van der Waals surface area contributed by atoms with Crippen LogP contribution >= 0.6 is 0 Å². The lowest BCUT2D eigenvalue weighted by atomic mass is 9.95. The van der Waals surface area contributed by atoms with Crippen molar-refractivity contribution in [1.29, 1.82) is 0 Å². The molecule has 394 valence electrons. The predicted molar refractivity (Wildman–Crippen MR) is 288 cm³/mol. The summed E-state index contributed by atoms with van der Waals surface area (Å²) in [7, 11) is 3.30. The highest BCUT2D eigenvalue weighted by Crippen LogP contribution is 2.32. The number of carbonyl (C=O) groups is 2. The molecule has 2 aromatic heterocycles. The van der Waals surface area contributed by atoms with Crippen LogP contribution in [0.1, 0.15) is 128 Å². The molecule has 0 saturated carbocycles. The minimum atomic E-state index is -0.654. The molecule has 2 aliphatic heterocycles. The van der Waals surface area contributed by atoms with Gasteiger partial charge in [0, 0.05) is 79.3 Å². The van der Waals surface area contributed by atoms with E-state index in [1.54, 1.807) is 50.9 Å². The normalized spacial score (nSPS) is 16.7. The van der Waals surface area contributed by atoms with Crippen molar-refractivity contribution >= 4 is 11.6 Å². The number of hydrogen-bond donors (Lipinski definition) is 4. The first-order valence-corrected chi connectivity index (χ1v) is 25.9. The molecule has 2 atom stereocenters. The monoisotopic (exact) mass is 1000 g/mol. The lowest BCUT2D eigenvalue weighted by Crippen LogP contribution is -2.41. The second-order valence-electron chi connectivity index (χ2n) is 19.7. The number of carbonyl (C=O) groups excluding carboxylic acids is 2. The van der Waals surface area contributed by atoms with Crippen molar-refractivity contribution in [3.8, 4) is 23.3 Å². The Kier molecular flexibility index (Phi) is 22.2. The average molecular weight is 1000 g/mol. The molecule has 0 radical (unpaired) electrons. The Bertz CT molecular complexity index is 2440. The third-order valence-corrected chi connectivity index (χ3v) is 14.6. The molecule has 0 bridgehead atoms. The molecule has 2 fully saturated rings. The highest BCUT2D eigenvalue weighted by molar-refractivity contribution is 5.96. The molecule has 0 spiro atoms. The minimum absolute atomic E-state index is 0. The number of rotatable bonds is 22. The van der Waals surface area contributed by atoms with E-state index in [1.165, 1.54) is 22.3 Å². The van der Waals surface area contributed by atoms with Crippen molar-refractivity contribution in [2.45, 2.75) is 142 Å². The Hall–Kier alpha value is -5.70. The number of benzene rings is 3. The zero-order valence-corrected chi connectivity index (χ0v) is 41.6. The van der Waals surface area contributed by atoms with Crippen molar-refractivity contribution in [3.63, 3.8) is 0 Å². The molecule has 3 aromatic carbocycles. The van der Waals surface area contributed by atoms with Crippen LogP contribution < -0.4 is 29.6 Å². The third kappa shape index (κ3) is 16.7. The molecule has 13 nitrogen and oxygen atoms in total. The largest absolute Gasteiger partial charge is 0.497 e. The summed E-state index contributed by atoms with van der Waals surface area (Å²) in [6.45, 7) is 4.84. The molecule has 4 aliphatic rings. The van der Waals surface area contributed by atoms with Gasteiger partial charge in [-0.1, -0.05) is 69.5 Å². The Balaban J connectivity index is 0.000000242. The zero-order valence-electron chi connectivity index (χ0n) is 41.6. The fourth-order valence-corrected chi connectivity index (χ4v) is 10.5. The number of pyridine rings is 2. The maximum Gasteiger partial charge on any atom is 0.214 e. The standard InChI is InChI=1S/C33H41N3O5.C25H32N2O3.2CH4/c1-39-30-9-7-26(32(20-30)40-2)21-36(27-17-23-5-3-4-6-24(23)18-27)22-28(37)8-10-31(38)25-11-16-35-33(19-25)41-29-12-14-34-15-13-29;28-22(6-5-18-15-19-3-1-2-4-20(19)16-18)7-8-24(29)21-9-14-27-25(17-21)30-23-10-12-26-13-11-23;;/h3-7,9,11,16,19-20,27-29,34,37H,8,10,12-15,17-18,21-22H2,1-2H3;1-4,9,14,17-18,22-23,26,28H,5-8,10-13,15-16H2;2*1H4. The van der Waals surface area contributed by atoms with E-state index in [0.717, 1.165) is 107 Å². The molecular weight excluding hydrogens is 919 g/mol. The molecule has 2 aliphatic carbocycles. The lowest BCUT2D eigenvalue weighted by molar-refractivity contribution is 0.0715. The van der Waals surface area contributed by atoms with Crippen LogP contribution in [0.5, 0.6) is 23.3 Å². The van der Waals surface area contributed by atoms with E-state index in [9.17, 15) is 19.8 Å². The summed E-state index contributed by atoms with van der Waals surface area (Å²) in [5.74, 6) is 3.15. The first kappa shape index (κ1) is 56.6. The van der Waals surface area contributed by atoms with Gasteiger partial charge in [-0.15, -0.1) is 0 Å². The van der Waals surface area contributed by atoms with Gasteiger partial charge >= 0.3 is 0 Å². The second kappa shape index (κ2) is 28.7. The Labute approximate surface area is 434 Å². The Morgan fingerprint density at radius 1 is 0.630 bits per heavy atom. The van der Waals surface area contributed by atoms with Gasteiger partial charge in [0.15, 0.2) is 11.6 Å². The molecule has 2 saturated heterocycles. The molecule has 73 heavy (non-hydrogen) atoms. The molecule has 0 amide bonds. The smallest absolute Gasteiger partial charge is 0.214 e. The quantitative estimate of drug-likeness (QED) is 0.0486. The van der Waals surface area contributed by atoms with Gasteiger partial charge < -0.3 is 39.8 Å². The molecule has 4 heterocycles. The number of aliphatic hydroxyl groups is 2. The summed E-state index contributed by atoms with van der Waals surface area (Å²) in [6.07, 6.45) is 13.6. The van der Waals surface area contributed by atoms with Crippen LogP contribution in [-0.4, -0.2) is 114 Å². The van der Waals surface area contributed by atoms with E-state index in [4.69, 9.17) is 18.9 Å². The fraction of sp³-hybridized carbons (Fsp3) is 0.500. The summed E-state index contributed by atoms with van der Waals surface area (Å²) in [4.78, 5) is 36.6. The van der Waals surface area contributed by atoms with Crippen LogP contribution in [0.4, 0.5) is 0 Å². The minimum Gasteiger partial charge on any atom is -0.497 e. The first-order chi connectivity index (χ1) is 34.7. The summed E-state index contributed by atoms with van der Waals surface area (Å²) < 4.78 is 23.0. The fourth-order valence-electron chi connectivity index (χ4n) is 10.5. The van der Waals surface area contributed by atoms with E-state index >= 15 is 0 Å².